The number of amides is 1. The Morgan fingerprint density at radius 2 is 1.59 bits per heavy atom. The maximum absolute atomic E-state index is 12.6. The number of rotatable bonds is 4. The van der Waals surface area contributed by atoms with E-state index in [2.05, 4.69) is 31.9 Å². The van der Waals surface area contributed by atoms with Gasteiger partial charge in [0, 0.05) is 51.2 Å². The Morgan fingerprint density at radius 1 is 0.926 bits per heavy atom. The van der Waals surface area contributed by atoms with Crippen LogP contribution in [0, 0.1) is 0 Å². The SMILES string of the molecule is COc1ccc(N2CCN(c3nccc(C(=O)N4CCCC4)n3)CC2)cc1. The number of carbonyl (C=O) groups is 1. The first-order valence-electron chi connectivity index (χ1n) is 9.51. The molecule has 1 aromatic heterocycles. The van der Waals surface area contributed by atoms with Crippen molar-refractivity contribution in [3.63, 3.8) is 0 Å². The molecule has 0 radical (unpaired) electrons. The molecule has 27 heavy (non-hydrogen) atoms. The van der Waals surface area contributed by atoms with Gasteiger partial charge in [-0.2, -0.15) is 0 Å². The summed E-state index contributed by atoms with van der Waals surface area (Å²) in [5.41, 5.74) is 1.69. The Balaban J connectivity index is 1.40. The standard InChI is InChI=1S/C20H25N5O2/c1-27-17-6-4-16(5-7-17)23-12-14-25(15-13-23)20-21-9-8-18(22-20)19(26)24-10-2-3-11-24/h4-9H,2-3,10-15H2,1H3. The molecule has 3 heterocycles. The van der Waals surface area contributed by atoms with Crippen LogP contribution < -0.4 is 14.5 Å². The van der Waals surface area contributed by atoms with Gasteiger partial charge in [-0.25, -0.2) is 9.97 Å². The first-order valence-corrected chi connectivity index (χ1v) is 9.51. The normalized spacial score (nSPS) is 17.3. The molecule has 0 aliphatic carbocycles. The Hall–Kier alpha value is -2.83. The van der Waals surface area contributed by atoms with Gasteiger partial charge in [-0.3, -0.25) is 4.79 Å². The average Bonchev–Trinajstić information content (AvgIpc) is 3.28. The Morgan fingerprint density at radius 3 is 2.26 bits per heavy atom. The van der Waals surface area contributed by atoms with Crippen molar-refractivity contribution in [1.82, 2.24) is 14.9 Å². The number of ether oxygens (including phenoxy) is 1. The van der Waals surface area contributed by atoms with E-state index in [1.165, 1.54) is 5.69 Å². The maximum Gasteiger partial charge on any atom is 0.272 e. The lowest BCUT2D eigenvalue weighted by Gasteiger charge is -2.36. The zero-order chi connectivity index (χ0) is 18.6. The minimum absolute atomic E-state index is 0.0213. The largest absolute Gasteiger partial charge is 0.497 e. The quantitative estimate of drug-likeness (QED) is 0.824. The Bertz CT molecular complexity index is 781. The van der Waals surface area contributed by atoms with E-state index < -0.39 is 0 Å². The molecule has 2 fully saturated rings. The third-order valence-corrected chi connectivity index (χ3v) is 5.26. The fourth-order valence-corrected chi connectivity index (χ4v) is 3.66. The van der Waals surface area contributed by atoms with E-state index in [-0.39, 0.29) is 5.91 Å². The van der Waals surface area contributed by atoms with Crippen molar-refractivity contribution in [2.24, 2.45) is 0 Å². The minimum atomic E-state index is 0.0213. The molecule has 2 aliphatic heterocycles. The third-order valence-electron chi connectivity index (χ3n) is 5.26. The first-order chi connectivity index (χ1) is 13.2. The number of piperazine rings is 1. The average molecular weight is 367 g/mol. The van der Waals surface area contributed by atoms with E-state index in [9.17, 15) is 4.79 Å². The van der Waals surface area contributed by atoms with E-state index in [0.29, 0.717) is 11.6 Å². The van der Waals surface area contributed by atoms with Crippen LogP contribution in [0.2, 0.25) is 0 Å². The summed E-state index contributed by atoms with van der Waals surface area (Å²) in [7, 11) is 1.68. The van der Waals surface area contributed by atoms with Crippen molar-refractivity contribution in [3.8, 4) is 5.75 Å². The van der Waals surface area contributed by atoms with Gasteiger partial charge in [-0.1, -0.05) is 0 Å². The van der Waals surface area contributed by atoms with Gasteiger partial charge in [-0.15, -0.1) is 0 Å². The number of hydrogen-bond donors (Lipinski definition) is 0. The molecule has 2 saturated heterocycles. The molecular weight excluding hydrogens is 342 g/mol. The van der Waals surface area contributed by atoms with E-state index in [0.717, 1.165) is 57.9 Å². The summed E-state index contributed by atoms with van der Waals surface area (Å²) >= 11 is 0. The highest BCUT2D eigenvalue weighted by Crippen LogP contribution is 2.22. The number of anilines is 2. The van der Waals surface area contributed by atoms with Crippen molar-refractivity contribution >= 4 is 17.5 Å². The fraction of sp³-hybridized carbons (Fsp3) is 0.450. The fourth-order valence-electron chi connectivity index (χ4n) is 3.66. The summed E-state index contributed by atoms with van der Waals surface area (Å²) in [5.74, 6) is 1.53. The van der Waals surface area contributed by atoms with Crippen LogP contribution in [0.3, 0.4) is 0 Å². The second-order valence-corrected chi connectivity index (χ2v) is 6.91. The summed E-state index contributed by atoms with van der Waals surface area (Å²) in [5, 5.41) is 0. The number of methoxy groups -OCH3 is 1. The van der Waals surface area contributed by atoms with Crippen LogP contribution in [0.5, 0.6) is 5.75 Å². The van der Waals surface area contributed by atoms with Gasteiger partial charge in [0.15, 0.2) is 0 Å². The zero-order valence-electron chi connectivity index (χ0n) is 15.7. The van der Waals surface area contributed by atoms with Crippen molar-refractivity contribution in [3.05, 3.63) is 42.2 Å². The highest BCUT2D eigenvalue weighted by Gasteiger charge is 2.23. The molecule has 7 heteroatoms. The molecule has 2 aromatic rings. The van der Waals surface area contributed by atoms with Crippen molar-refractivity contribution < 1.29 is 9.53 Å². The topological polar surface area (TPSA) is 61.8 Å². The number of benzene rings is 1. The zero-order valence-corrected chi connectivity index (χ0v) is 15.7. The van der Waals surface area contributed by atoms with E-state index in [1.54, 1.807) is 19.4 Å². The number of aromatic nitrogens is 2. The number of hydrogen-bond acceptors (Lipinski definition) is 6. The van der Waals surface area contributed by atoms with Gasteiger partial charge in [0.1, 0.15) is 11.4 Å². The predicted octanol–water partition coefficient (Wildman–Crippen LogP) is 2.05. The van der Waals surface area contributed by atoms with Crippen LogP contribution in [-0.4, -0.2) is 67.2 Å². The molecule has 0 bridgehead atoms. The van der Waals surface area contributed by atoms with Crippen molar-refractivity contribution in [2.75, 3.05) is 56.2 Å². The smallest absolute Gasteiger partial charge is 0.272 e. The highest BCUT2D eigenvalue weighted by molar-refractivity contribution is 5.92. The van der Waals surface area contributed by atoms with Crippen LogP contribution in [0.25, 0.3) is 0 Å². The minimum Gasteiger partial charge on any atom is -0.497 e. The molecule has 142 valence electrons. The molecule has 4 rings (SSSR count). The van der Waals surface area contributed by atoms with Crippen molar-refractivity contribution in [1.29, 1.82) is 0 Å². The van der Waals surface area contributed by atoms with Gasteiger partial charge in [0.2, 0.25) is 5.95 Å². The summed E-state index contributed by atoms with van der Waals surface area (Å²) in [6, 6.07) is 9.86. The molecular formula is C20H25N5O2. The Labute approximate surface area is 159 Å². The maximum atomic E-state index is 12.6. The van der Waals surface area contributed by atoms with E-state index in [4.69, 9.17) is 4.74 Å². The highest BCUT2D eigenvalue weighted by atomic mass is 16.5. The molecule has 1 aromatic carbocycles. The lowest BCUT2D eigenvalue weighted by atomic mass is 10.2. The van der Waals surface area contributed by atoms with Crippen LogP contribution >= 0.6 is 0 Å². The van der Waals surface area contributed by atoms with Crippen molar-refractivity contribution in [2.45, 2.75) is 12.8 Å². The number of carbonyl (C=O) groups excluding carboxylic acids is 1. The summed E-state index contributed by atoms with van der Waals surface area (Å²) in [6.07, 6.45) is 3.86. The summed E-state index contributed by atoms with van der Waals surface area (Å²) in [6.45, 7) is 5.10. The number of nitrogens with zero attached hydrogens (tertiary/aromatic N) is 5. The second kappa shape index (κ2) is 7.82. The van der Waals surface area contributed by atoms with E-state index >= 15 is 0 Å². The predicted molar refractivity (Wildman–Crippen MR) is 105 cm³/mol. The second-order valence-electron chi connectivity index (χ2n) is 6.91. The van der Waals surface area contributed by atoms with Crippen LogP contribution in [0.4, 0.5) is 11.6 Å². The third kappa shape index (κ3) is 3.82. The van der Waals surface area contributed by atoms with Gasteiger partial charge in [0.25, 0.3) is 5.91 Å². The molecule has 7 nitrogen and oxygen atoms in total. The lowest BCUT2D eigenvalue weighted by Crippen LogP contribution is -2.47. The van der Waals surface area contributed by atoms with Crippen LogP contribution in [0.15, 0.2) is 36.5 Å². The summed E-state index contributed by atoms with van der Waals surface area (Å²) in [4.78, 5) is 27.9. The lowest BCUT2D eigenvalue weighted by molar-refractivity contribution is 0.0787. The molecule has 0 saturated carbocycles. The summed E-state index contributed by atoms with van der Waals surface area (Å²) < 4.78 is 5.22. The molecule has 2 aliphatic rings. The van der Waals surface area contributed by atoms with Gasteiger partial charge in [-0.05, 0) is 43.2 Å². The number of likely N-dealkylation sites (tertiary alicyclic amines) is 1. The van der Waals surface area contributed by atoms with Crippen LogP contribution in [0.1, 0.15) is 23.3 Å². The monoisotopic (exact) mass is 367 g/mol. The van der Waals surface area contributed by atoms with Gasteiger partial charge in [0.05, 0.1) is 7.11 Å². The van der Waals surface area contributed by atoms with E-state index in [1.807, 2.05) is 17.0 Å². The Kier molecular flexibility index (Phi) is 5.09. The molecule has 0 atom stereocenters. The van der Waals surface area contributed by atoms with Gasteiger partial charge < -0.3 is 19.4 Å². The van der Waals surface area contributed by atoms with Gasteiger partial charge >= 0.3 is 0 Å². The first kappa shape index (κ1) is 17.6. The van der Waals surface area contributed by atoms with Crippen LogP contribution in [-0.2, 0) is 0 Å². The molecule has 1 amide bonds. The molecule has 0 N–H and O–H groups in total. The molecule has 0 spiro atoms. The molecule has 0 unspecified atom stereocenters.